The Morgan fingerprint density at radius 1 is 1.41 bits per heavy atom. The maximum absolute atomic E-state index is 13.5. The molecule has 0 saturated heterocycles. The van der Waals surface area contributed by atoms with Crippen LogP contribution in [0.1, 0.15) is 5.82 Å². The maximum Gasteiger partial charge on any atom is 0.264 e. The van der Waals surface area contributed by atoms with Gasteiger partial charge in [-0.25, -0.2) is 17.8 Å². The molecule has 1 aromatic heterocycles. The van der Waals surface area contributed by atoms with Crippen LogP contribution >= 0.6 is 10.7 Å². The fourth-order valence-corrected chi connectivity index (χ4v) is 2.35. The van der Waals surface area contributed by atoms with Crippen LogP contribution in [0, 0.1) is 12.7 Å². The largest absolute Gasteiger partial charge is 0.310 e. The Balaban J connectivity index is 2.96. The summed E-state index contributed by atoms with van der Waals surface area (Å²) in [7, 11) is 0.812. The summed E-state index contributed by atoms with van der Waals surface area (Å²) in [5.74, 6) is -0.728. The molecule has 0 bridgehead atoms. The van der Waals surface area contributed by atoms with Gasteiger partial charge in [-0.15, -0.1) is 0 Å². The third-order valence-corrected chi connectivity index (χ3v) is 3.48. The van der Waals surface area contributed by atoms with Crippen LogP contribution in [0.15, 0.2) is 21.8 Å². The zero-order valence-corrected chi connectivity index (χ0v) is 10.1. The molecular formula is C9H6ClFN2O3S. The summed E-state index contributed by atoms with van der Waals surface area (Å²) in [6.45, 7) is 1.53. The molecular weight excluding hydrogens is 271 g/mol. The monoisotopic (exact) mass is 276 g/mol. The molecule has 2 rings (SSSR count). The quantitative estimate of drug-likeness (QED) is 0.796. The number of fused-ring (bicyclic) bond motifs is 1. The number of aromatic amines is 1. The molecule has 0 aliphatic heterocycles. The molecule has 0 aliphatic carbocycles. The Morgan fingerprint density at radius 3 is 2.65 bits per heavy atom. The number of aromatic nitrogens is 2. The smallest absolute Gasteiger partial charge is 0.264 e. The normalized spacial score (nSPS) is 11.9. The Bertz CT molecular complexity index is 770. The molecule has 8 heteroatoms. The Hall–Kier alpha value is -1.47. The molecule has 2 aromatic rings. The summed E-state index contributed by atoms with van der Waals surface area (Å²) in [6.07, 6.45) is 0. The number of hydrogen-bond donors (Lipinski definition) is 1. The third kappa shape index (κ3) is 2.16. The number of hydrogen-bond acceptors (Lipinski definition) is 4. The van der Waals surface area contributed by atoms with Crippen LogP contribution in [0.4, 0.5) is 4.39 Å². The van der Waals surface area contributed by atoms with Crippen LogP contribution in [0.2, 0.25) is 0 Å². The number of nitrogens with one attached hydrogen (secondary N) is 1. The summed E-state index contributed by atoms with van der Waals surface area (Å²) in [6, 6.07) is 1.74. The van der Waals surface area contributed by atoms with Crippen molar-refractivity contribution in [2.24, 2.45) is 0 Å². The number of nitrogens with zero attached hydrogens (tertiary/aromatic N) is 1. The van der Waals surface area contributed by atoms with Gasteiger partial charge in [-0.2, -0.15) is 0 Å². The van der Waals surface area contributed by atoms with E-state index in [0.29, 0.717) is 5.82 Å². The molecule has 0 saturated carbocycles. The van der Waals surface area contributed by atoms with Crippen LogP contribution in [0.5, 0.6) is 0 Å². The average Bonchev–Trinajstić information content (AvgIpc) is 2.13. The molecule has 0 atom stereocenters. The van der Waals surface area contributed by atoms with Crippen molar-refractivity contribution < 1.29 is 12.8 Å². The van der Waals surface area contributed by atoms with Gasteiger partial charge in [0.05, 0.1) is 10.9 Å². The van der Waals surface area contributed by atoms with Crippen LogP contribution in [0.25, 0.3) is 10.9 Å². The number of aryl methyl sites for hydroxylation is 1. The SMILES string of the molecule is Cc1nc2cc(F)c(S(=O)(=O)Cl)cc2c(=O)[nH]1. The predicted molar refractivity (Wildman–Crippen MR) is 60.1 cm³/mol. The highest BCUT2D eigenvalue weighted by atomic mass is 35.7. The van der Waals surface area contributed by atoms with E-state index >= 15 is 0 Å². The minimum atomic E-state index is -4.24. The van der Waals surface area contributed by atoms with Crippen molar-refractivity contribution in [3.63, 3.8) is 0 Å². The zero-order chi connectivity index (χ0) is 12.8. The molecule has 0 unspecified atom stereocenters. The van der Waals surface area contributed by atoms with E-state index < -0.39 is 25.3 Å². The molecule has 1 heterocycles. The second-order valence-corrected chi connectivity index (χ2v) is 5.92. The summed E-state index contributed by atoms with van der Waals surface area (Å²) in [4.78, 5) is 17.1. The number of benzene rings is 1. The summed E-state index contributed by atoms with van der Waals surface area (Å²) in [5, 5.41) is -0.0313. The fraction of sp³-hybridized carbons (Fsp3) is 0.111. The van der Waals surface area contributed by atoms with Gasteiger partial charge in [-0.05, 0) is 13.0 Å². The van der Waals surface area contributed by atoms with Crippen molar-refractivity contribution >= 4 is 30.6 Å². The first kappa shape index (κ1) is 12.0. The fourth-order valence-electron chi connectivity index (χ4n) is 1.44. The van der Waals surface area contributed by atoms with Gasteiger partial charge in [0.1, 0.15) is 16.5 Å². The number of H-pyrrole nitrogens is 1. The topological polar surface area (TPSA) is 79.9 Å². The molecule has 90 valence electrons. The van der Waals surface area contributed by atoms with Crippen LogP contribution < -0.4 is 5.56 Å². The average molecular weight is 277 g/mol. The Kier molecular flexibility index (Phi) is 2.67. The summed E-state index contributed by atoms with van der Waals surface area (Å²) < 4.78 is 35.6. The van der Waals surface area contributed by atoms with Crippen LogP contribution in [-0.4, -0.2) is 18.4 Å². The lowest BCUT2D eigenvalue weighted by molar-refractivity contribution is 0.577. The lowest BCUT2D eigenvalue weighted by atomic mass is 10.2. The highest BCUT2D eigenvalue weighted by Crippen LogP contribution is 2.22. The second-order valence-electron chi connectivity index (χ2n) is 3.39. The molecule has 1 N–H and O–H groups in total. The van der Waals surface area contributed by atoms with Crippen molar-refractivity contribution in [2.75, 3.05) is 0 Å². The first-order valence-corrected chi connectivity index (χ1v) is 6.75. The van der Waals surface area contributed by atoms with Gasteiger partial charge in [0, 0.05) is 16.7 Å². The van der Waals surface area contributed by atoms with Crippen molar-refractivity contribution in [2.45, 2.75) is 11.8 Å². The first-order valence-electron chi connectivity index (χ1n) is 4.44. The third-order valence-electron chi connectivity index (χ3n) is 2.14. The van der Waals surface area contributed by atoms with Crippen molar-refractivity contribution in [3.05, 3.63) is 34.1 Å². The van der Waals surface area contributed by atoms with E-state index in [4.69, 9.17) is 10.7 Å². The van der Waals surface area contributed by atoms with E-state index in [1.165, 1.54) is 6.92 Å². The first-order chi connectivity index (χ1) is 7.79. The van der Waals surface area contributed by atoms with E-state index in [2.05, 4.69) is 9.97 Å². The van der Waals surface area contributed by atoms with Crippen molar-refractivity contribution in [1.29, 1.82) is 0 Å². The maximum atomic E-state index is 13.5. The predicted octanol–water partition coefficient (Wildman–Crippen LogP) is 1.30. The minimum Gasteiger partial charge on any atom is -0.310 e. The molecule has 0 spiro atoms. The highest BCUT2D eigenvalue weighted by molar-refractivity contribution is 8.13. The standard InChI is InChI=1S/C9H6ClFN2O3S/c1-4-12-7-3-6(11)8(17(10,15)16)2-5(7)9(14)13-4/h2-3H,1H3,(H,12,13,14). The van der Waals surface area contributed by atoms with Gasteiger partial charge in [0.25, 0.3) is 14.6 Å². The van der Waals surface area contributed by atoms with Crippen LogP contribution in [0.3, 0.4) is 0 Å². The van der Waals surface area contributed by atoms with Gasteiger partial charge < -0.3 is 4.98 Å². The van der Waals surface area contributed by atoms with E-state index in [1.54, 1.807) is 0 Å². The molecule has 0 amide bonds. The van der Waals surface area contributed by atoms with Gasteiger partial charge in [0.2, 0.25) is 0 Å². The molecule has 0 aliphatic rings. The summed E-state index contributed by atoms with van der Waals surface area (Å²) >= 11 is 0. The lowest BCUT2D eigenvalue weighted by Gasteiger charge is -2.02. The molecule has 17 heavy (non-hydrogen) atoms. The molecule has 5 nitrogen and oxygen atoms in total. The second kappa shape index (κ2) is 3.78. The van der Waals surface area contributed by atoms with Gasteiger partial charge in [0.15, 0.2) is 0 Å². The number of rotatable bonds is 1. The van der Waals surface area contributed by atoms with Crippen LogP contribution in [-0.2, 0) is 9.05 Å². The molecule has 0 radical (unpaired) electrons. The minimum absolute atomic E-state index is 0.0313. The van der Waals surface area contributed by atoms with Crippen molar-refractivity contribution in [3.8, 4) is 0 Å². The Morgan fingerprint density at radius 2 is 2.06 bits per heavy atom. The Labute approximate surface area is 99.7 Å². The highest BCUT2D eigenvalue weighted by Gasteiger charge is 2.18. The van der Waals surface area contributed by atoms with E-state index in [9.17, 15) is 17.6 Å². The van der Waals surface area contributed by atoms with Crippen molar-refractivity contribution in [1.82, 2.24) is 9.97 Å². The molecule has 1 aromatic carbocycles. The van der Waals surface area contributed by atoms with E-state index in [0.717, 1.165) is 12.1 Å². The van der Waals surface area contributed by atoms with E-state index in [-0.39, 0.29) is 10.9 Å². The summed E-state index contributed by atoms with van der Waals surface area (Å²) in [5.41, 5.74) is -0.470. The van der Waals surface area contributed by atoms with Gasteiger partial charge >= 0.3 is 0 Å². The molecule has 0 fully saturated rings. The zero-order valence-electron chi connectivity index (χ0n) is 8.49. The van der Waals surface area contributed by atoms with E-state index in [1.807, 2.05) is 0 Å². The van der Waals surface area contributed by atoms with Gasteiger partial charge in [-0.1, -0.05) is 0 Å². The number of halogens is 2. The van der Waals surface area contributed by atoms with Gasteiger partial charge in [-0.3, -0.25) is 4.79 Å². The lowest BCUT2D eigenvalue weighted by Crippen LogP contribution is -2.11.